The van der Waals surface area contributed by atoms with Gasteiger partial charge in [0.1, 0.15) is 0 Å². The molecule has 1 aliphatic heterocycles. The molecule has 0 saturated carbocycles. The summed E-state index contributed by atoms with van der Waals surface area (Å²) < 4.78 is 0. The summed E-state index contributed by atoms with van der Waals surface area (Å²) in [6.45, 7) is 4.32. The number of hydrogen-bond acceptors (Lipinski definition) is 2. The molecular weight excluding hydrogens is 352 g/mol. The Balaban J connectivity index is 1.56. The fraction of sp³-hybridized carbons (Fsp3) is 0.333. The minimum atomic E-state index is 0.470. The molecule has 1 fully saturated rings. The van der Waals surface area contributed by atoms with Crippen molar-refractivity contribution >= 4 is 0 Å². The zero-order valence-electron chi connectivity index (χ0n) is 17.2. The van der Waals surface area contributed by atoms with Gasteiger partial charge in [-0.1, -0.05) is 84.9 Å². The molecule has 0 aliphatic carbocycles. The van der Waals surface area contributed by atoms with Crippen molar-refractivity contribution in [2.75, 3.05) is 26.2 Å². The molecule has 3 aromatic rings. The Morgan fingerprint density at radius 2 is 1.28 bits per heavy atom. The van der Waals surface area contributed by atoms with Crippen LogP contribution in [0.1, 0.15) is 36.3 Å². The van der Waals surface area contributed by atoms with Gasteiger partial charge >= 0.3 is 0 Å². The fourth-order valence-corrected chi connectivity index (χ4v) is 4.74. The van der Waals surface area contributed by atoms with Gasteiger partial charge in [-0.2, -0.15) is 0 Å². The molecule has 0 aromatic heterocycles. The lowest BCUT2D eigenvalue weighted by Crippen LogP contribution is -2.37. The van der Waals surface area contributed by atoms with Crippen LogP contribution in [-0.2, 0) is 0 Å². The molecule has 1 aliphatic rings. The third kappa shape index (κ3) is 4.95. The van der Waals surface area contributed by atoms with Crippen LogP contribution >= 0.6 is 0 Å². The maximum absolute atomic E-state index is 5.70. The monoisotopic (exact) mass is 384 g/mol. The molecular formula is C27H32N2. The molecule has 150 valence electrons. The first-order chi connectivity index (χ1) is 14.3. The predicted octanol–water partition coefficient (Wildman–Crippen LogP) is 5.55. The molecule has 2 heteroatoms. The van der Waals surface area contributed by atoms with Gasteiger partial charge in [-0.15, -0.1) is 0 Å². The van der Waals surface area contributed by atoms with Crippen molar-refractivity contribution in [1.82, 2.24) is 4.90 Å². The van der Waals surface area contributed by atoms with Crippen LogP contribution in [0.5, 0.6) is 0 Å². The number of benzene rings is 3. The highest BCUT2D eigenvalue weighted by Crippen LogP contribution is 2.38. The molecule has 1 heterocycles. The summed E-state index contributed by atoms with van der Waals surface area (Å²) >= 11 is 0. The lowest BCUT2D eigenvalue weighted by atomic mass is 9.76. The average Bonchev–Trinajstić information content (AvgIpc) is 2.80. The van der Waals surface area contributed by atoms with Gasteiger partial charge in [-0.05, 0) is 73.6 Å². The molecule has 0 unspecified atom stereocenters. The van der Waals surface area contributed by atoms with Gasteiger partial charge in [0.25, 0.3) is 0 Å². The zero-order valence-corrected chi connectivity index (χ0v) is 17.2. The van der Waals surface area contributed by atoms with E-state index in [1.807, 2.05) is 0 Å². The summed E-state index contributed by atoms with van der Waals surface area (Å²) in [6.07, 6.45) is 3.61. The number of piperidine rings is 1. The largest absolute Gasteiger partial charge is 0.330 e. The van der Waals surface area contributed by atoms with Crippen LogP contribution in [0.4, 0.5) is 0 Å². The van der Waals surface area contributed by atoms with Crippen molar-refractivity contribution in [1.29, 1.82) is 0 Å². The van der Waals surface area contributed by atoms with Crippen LogP contribution < -0.4 is 5.73 Å². The first-order valence-electron chi connectivity index (χ1n) is 11.0. The molecule has 0 amide bonds. The summed E-state index contributed by atoms with van der Waals surface area (Å²) in [6, 6.07) is 31.0. The van der Waals surface area contributed by atoms with Crippen LogP contribution in [0.25, 0.3) is 11.1 Å². The first kappa shape index (κ1) is 19.9. The Morgan fingerprint density at radius 1 is 0.724 bits per heavy atom. The van der Waals surface area contributed by atoms with E-state index in [0.717, 1.165) is 19.5 Å². The normalized spacial score (nSPS) is 16.6. The molecule has 0 radical (unpaired) electrons. The highest BCUT2D eigenvalue weighted by molar-refractivity contribution is 5.63. The Bertz CT molecular complexity index is 850. The Labute approximate surface area is 175 Å². The number of nitrogens with two attached hydrogens (primary N) is 1. The van der Waals surface area contributed by atoms with Crippen molar-refractivity contribution in [2.24, 2.45) is 11.7 Å². The molecule has 0 bridgehead atoms. The van der Waals surface area contributed by atoms with Crippen molar-refractivity contribution < 1.29 is 0 Å². The fourth-order valence-electron chi connectivity index (χ4n) is 4.74. The van der Waals surface area contributed by atoms with Gasteiger partial charge in [0.2, 0.25) is 0 Å². The lowest BCUT2D eigenvalue weighted by molar-refractivity contribution is 0.174. The van der Waals surface area contributed by atoms with Gasteiger partial charge in [0.05, 0.1) is 0 Å². The first-order valence-corrected chi connectivity index (χ1v) is 11.0. The van der Waals surface area contributed by atoms with Crippen LogP contribution in [0.3, 0.4) is 0 Å². The van der Waals surface area contributed by atoms with E-state index in [1.165, 1.54) is 48.2 Å². The summed E-state index contributed by atoms with van der Waals surface area (Å²) in [4.78, 5) is 2.59. The second kappa shape index (κ2) is 9.87. The predicted molar refractivity (Wildman–Crippen MR) is 123 cm³/mol. The second-order valence-electron chi connectivity index (χ2n) is 8.20. The molecule has 1 saturated heterocycles. The van der Waals surface area contributed by atoms with E-state index in [2.05, 4.69) is 89.8 Å². The maximum Gasteiger partial charge on any atom is 0.0119 e. The van der Waals surface area contributed by atoms with E-state index >= 15 is 0 Å². The third-order valence-electron chi connectivity index (χ3n) is 6.32. The van der Waals surface area contributed by atoms with Crippen LogP contribution in [-0.4, -0.2) is 31.1 Å². The summed E-state index contributed by atoms with van der Waals surface area (Å²) in [7, 11) is 0. The van der Waals surface area contributed by atoms with E-state index < -0.39 is 0 Å². The van der Waals surface area contributed by atoms with E-state index in [-0.39, 0.29) is 0 Å². The lowest BCUT2D eigenvalue weighted by Gasteiger charge is -2.36. The molecule has 4 rings (SSSR count). The maximum atomic E-state index is 5.70. The molecule has 1 atom stereocenters. The summed E-state index contributed by atoms with van der Waals surface area (Å²) in [5.41, 5.74) is 11.2. The average molecular weight is 385 g/mol. The Kier molecular flexibility index (Phi) is 6.76. The SMILES string of the molecule is NCCCN1CCC([C@H](c2ccccc2)c2ccc(-c3ccccc3)cc2)CC1. The van der Waals surface area contributed by atoms with E-state index in [4.69, 9.17) is 5.73 Å². The number of nitrogens with zero attached hydrogens (tertiary/aromatic N) is 1. The van der Waals surface area contributed by atoms with Crippen molar-refractivity contribution in [3.05, 3.63) is 96.1 Å². The summed E-state index contributed by atoms with van der Waals surface area (Å²) in [5, 5.41) is 0. The minimum Gasteiger partial charge on any atom is -0.330 e. The highest BCUT2D eigenvalue weighted by atomic mass is 15.1. The number of likely N-dealkylation sites (tertiary alicyclic amines) is 1. The van der Waals surface area contributed by atoms with E-state index in [0.29, 0.717) is 11.8 Å². The highest BCUT2D eigenvalue weighted by Gasteiger charge is 2.28. The van der Waals surface area contributed by atoms with Gasteiger partial charge in [0.15, 0.2) is 0 Å². The standard InChI is InChI=1S/C27H32N2/c28-18-7-19-29-20-16-26(17-21-29)27(24-10-5-2-6-11-24)25-14-12-23(13-15-25)22-8-3-1-4-9-22/h1-6,8-15,26-27H,7,16-21,28H2/t27-/m1/s1. The van der Waals surface area contributed by atoms with Crippen LogP contribution in [0.2, 0.25) is 0 Å². The van der Waals surface area contributed by atoms with Crippen LogP contribution in [0.15, 0.2) is 84.9 Å². The van der Waals surface area contributed by atoms with Gasteiger partial charge < -0.3 is 10.6 Å². The summed E-state index contributed by atoms with van der Waals surface area (Å²) in [5.74, 6) is 1.16. The van der Waals surface area contributed by atoms with Crippen molar-refractivity contribution in [3.63, 3.8) is 0 Å². The quantitative estimate of drug-likeness (QED) is 0.579. The molecule has 2 nitrogen and oxygen atoms in total. The van der Waals surface area contributed by atoms with Gasteiger partial charge in [-0.3, -0.25) is 0 Å². The van der Waals surface area contributed by atoms with Crippen molar-refractivity contribution in [3.8, 4) is 11.1 Å². The second-order valence-corrected chi connectivity index (χ2v) is 8.20. The topological polar surface area (TPSA) is 29.3 Å². The van der Waals surface area contributed by atoms with E-state index in [1.54, 1.807) is 0 Å². The molecule has 2 N–H and O–H groups in total. The Morgan fingerprint density at radius 3 is 1.90 bits per heavy atom. The third-order valence-corrected chi connectivity index (χ3v) is 6.32. The molecule has 0 spiro atoms. The molecule has 3 aromatic carbocycles. The van der Waals surface area contributed by atoms with Gasteiger partial charge in [-0.25, -0.2) is 0 Å². The Hall–Kier alpha value is -2.42. The van der Waals surface area contributed by atoms with E-state index in [9.17, 15) is 0 Å². The smallest absolute Gasteiger partial charge is 0.0119 e. The molecule has 29 heavy (non-hydrogen) atoms. The van der Waals surface area contributed by atoms with Gasteiger partial charge in [0, 0.05) is 5.92 Å². The number of hydrogen-bond donors (Lipinski definition) is 1. The minimum absolute atomic E-state index is 0.470. The van der Waals surface area contributed by atoms with Crippen LogP contribution in [0, 0.1) is 5.92 Å². The number of rotatable bonds is 7. The van der Waals surface area contributed by atoms with Crippen molar-refractivity contribution in [2.45, 2.75) is 25.2 Å². The zero-order chi connectivity index (χ0) is 19.9.